The van der Waals surface area contributed by atoms with Gasteiger partial charge >= 0.3 is 0 Å². The Bertz CT molecular complexity index is 179. The van der Waals surface area contributed by atoms with Gasteiger partial charge in [-0.15, -0.1) is 0 Å². The molecule has 0 atom stereocenters. The van der Waals surface area contributed by atoms with Crippen molar-refractivity contribution in [1.29, 1.82) is 0 Å². The molecule has 102 valence electrons. The largest absolute Gasteiger partial charge is 0.381 e. The highest BCUT2D eigenvalue weighted by Crippen LogP contribution is 2.13. The molecule has 1 aliphatic rings. The second-order valence-corrected chi connectivity index (χ2v) is 5.54. The van der Waals surface area contributed by atoms with Gasteiger partial charge in [-0.1, -0.05) is 0 Å². The molecule has 3 heteroatoms. The molecule has 17 heavy (non-hydrogen) atoms. The molecule has 0 aromatic heterocycles. The summed E-state index contributed by atoms with van der Waals surface area (Å²) < 4.78 is 5.36. The van der Waals surface area contributed by atoms with Crippen LogP contribution in [0.5, 0.6) is 0 Å². The SMILES string of the molecule is CC(C)N(C)CCCCNCC1CCOCC1. The van der Waals surface area contributed by atoms with Crippen LogP contribution in [0.15, 0.2) is 0 Å². The van der Waals surface area contributed by atoms with Gasteiger partial charge in [-0.2, -0.15) is 0 Å². The van der Waals surface area contributed by atoms with Crippen molar-refractivity contribution in [2.45, 2.75) is 45.6 Å². The fraction of sp³-hybridized carbons (Fsp3) is 1.00. The Labute approximate surface area is 107 Å². The topological polar surface area (TPSA) is 24.5 Å². The summed E-state index contributed by atoms with van der Waals surface area (Å²) in [5.41, 5.74) is 0. The van der Waals surface area contributed by atoms with Crippen molar-refractivity contribution in [2.24, 2.45) is 5.92 Å². The number of hydrogen-bond donors (Lipinski definition) is 1. The first-order chi connectivity index (χ1) is 8.20. The Morgan fingerprint density at radius 3 is 2.59 bits per heavy atom. The van der Waals surface area contributed by atoms with Crippen molar-refractivity contribution >= 4 is 0 Å². The molecule has 0 radical (unpaired) electrons. The predicted octanol–water partition coefficient (Wildman–Crippen LogP) is 2.12. The van der Waals surface area contributed by atoms with Gasteiger partial charge in [0.15, 0.2) is 0 Å². The second kappa shape index (κ2) is 8.90. The summed E-state index contributed by atoms with van der Waals surface area (Å²) in [5, 5.41) is 3.58. The molecule has 1 fully saturated rings. The summed E-state index contributed by atoms with van der Waals surface area (Å²) >= 11 is 0. The molecule has 0 saturated carbocycles. The van der Waals surface area contributed by atoms with Crippen LogP contribution >= 0.6 is 0 Å². The maximum Gasteiger partial charge on any atom is 0.0469 e. The Morgan fingerprint density at radius 1 is 1.24 bits per heavy atom. The Balaban J connectivity index is 1.87. The Kier molecular flexibility index (Phi) is 7.82. The van der Waals surface area contributed by atoms with Crippen molar-refractivity contribution in [3.8, 4) is 0 Å². The first kappa shape index (κ1) is 14.9. The van der Waals surface area contributed by atoms with Crippen LogP contribution in [-0.4, -0.2) is 50.8 Å². The van der Waals surface area contributed by atoms with Gasteiger partial charge in [-0.05, 0) is 72.1 Å². The Morgan fingerprint density at radius 2 is 1.94 bits per heavy atom. The highest BCUT2D eigenvalue weighted by molar-refractivity contribution is 4.66. The quantitative estimate of drug-likeness (QED) is 0.660. The van der Waals surface area contributed by atoms with Crippen LogP contribution in [0.2, 0.25) is 0 Å². The van der Waals surface area contributed by atoms with Crippen molar-refractivity contribution in [1.82, 2.24) is 10.2 Å². The fourth-order valence-corrected chi connectivity index (χ4v) is 2.13. The minimum Gasteiger partial charge on any atom is -0.381 e. The number of ether oxygens (including phenoxy) is 1. The summed E-state index contributed by atoms with van der Waals surface area (Å²) in [6.07, 6.45) is 5.07. The molecule has 0 amide bonds. The highest BCUT2D eigenvalue weighted by Gasteiger charge is 2.12. The predicted molar refractivity (Wildman–Crippen MR) is 73.4 cm³/mol. The molecule has 0 aromatic carbocycles. The van der Waals surface area contributed by atoms with E-state index < -0.39 is 0 Å². The van der Waals surface area contributed by atoms with E-state index in [1.807, 2.05) is 0 Å². The summed E-state index contributed by atoms with van der Waals surface area (Å²) in [7, 11) is 2.21. The summed E-state index contributed by atoms with van der Waals surface area (Å²) in [6.45, 7) is 10.0. The van der Waals surface area contributed by atoms with E-state index in [4.69, 9.17) is 4.74 Å². The number of nitrogens with one attached hydrogen (secondary N) is 1. The van der Waals surface area contributed by atoms with E-state index in [0.717, 1.165) is 19.1 Å². The zero-order valence-electron chi connectivity index (χ0n) is 11.9. The van der Waals surface area contributed by atoms with Crippen LogP contribution in [0.3, 0.4) is 0 Å². The van der Waals surface area contributed by atoms with Crippen LogP contribution < -0.4 is 5.32 Å². The zero-order chi connectivity index (χ0) is 12.5. The minimum atomic E-state index is 0.671. The lowest BCUT2D eigenvalue weighted by Gasteiger charge is -2.23. The summed E-state index contributed by atoms with van der Waals surface area (Å²) in [4.78, 5) is 2.42. The molecule has 1 aliphatic heterocycles. The summed E-state index contributed by atoms with van der Waals surface area (Å²) in [6, 6.07) is 0.671. The van der Waals surface area contributed by atoms with E-state index in [1.54, 1.807) is 0 Å². The van der Waals surface area contributed by atoms with Crippen LogP contribution in [0, 0.1) is 5.92 Å². The zero-order valence-corrected chi connectivity index (χ0v) is 11.9. The van der Waals surface area contributed by atoms with Crippen LogP contribution in [0.1, 0.15) is 39.5 Å². The first-order valence-electron chi connectivity index (χ1n) is 7.19. The third-order valence-corrected chi connectivity index (χ3v) is 3.77. The Hall–Kier alpha value is -0.120. The van der Waals surface area contributed by atoms with Crippen LogP contribution in [0.4, 0.5) is 0 Å². The second-order valence-electron chi connectivity index (χ2n) is 5.54. The molecule has 1 N–H and O–H groups in total. The standard InChI is InChI=1S/C14H30N2O/c1-13(2)16(3)9-5-4-8-15-12-14-6-10-17-11-7-14/h13-15H,4-12H2,1-3H3. The maximum atomic E-state index is 5.36. The van der Waals surface area contributed by atoms with Gasteiger partial charge in [0, 0.05) is 19.3 Å². The third kappa shape index (κ3) is 7.02. The van der Waals surface area contributed by atoms with E-state index in [1.165, 1.54) is 45.3 Å². The minimum absolute atomic E-state index is 0.671. The first-order valence-corrected chi connectivity index (χ1v) is 7.19. The lowest BCUT2D eigenvalue weighted by atomic mass is 10.0. The van der Waals surface area contributed by atoms with Crippen molar-refractivity contribution in [2.75, 3.05) is 39.9 Å². The number of rotatable bonds is 8. The molecule has 0 aliphatic carbocycles. The van der Waals surface area contributed by atoms with Crippen molar-refractivity contribution < 1.29 is 4.74 Å². The number of hydrogen-bond acceptors (Lipinski definition) is 3. The lowest BCUT2D eigenvalue weighted by Crippen LogP contribution is -2.30. The van der Waals surface area contributed by atoms with E-state index in [2.05, 4.69) is 31.1 Å². The number of unbranched alkanes of at least 4 members (excludes halogenated alkanes) is 1. The highest BCUT2D eigenvalue weighted by atomic mass is 16.5. The van der Waals surface area contributed by atoms with Crippen molar-refractivity contribution in [3.05, 3.63) is 0 Å². The normalized spacial score (nSPS) is 18.2. The lowest BCUT2D eigenvalue weighted by molar-refractivity contribution is 0.0663. The summed E-state index contributed by atoms with van der Waals surface area (Å²) in [5.74, 6) is 0.849. The molecule has 1 saturated heterocycles. The molecule has 3 nitrogen and oxygen atoms in total. The van der Waals surface area contributed by atoms with E-state index in [9.17, 15) is 0 Å². The van der Waals surface area contributed by atoms with E-state index >= 15 is 0 Å². The molecular formula is C14H30N2O. The molecule has 0 spiro atoms. The van der Waals surface area contributed by atoms with Crippen LogP contribution in [0.25, 0.3) is 0 Å². The van der Waals surface area contributed by atoms with Gasteiger partial charge < -0.3 is 15.0 Å². The molecule has 1 heterocycles. The van der Waals surface area contributed by atoms with Crippen molar-refractivity contribution in [3.63, 3.8) is 0 Å². The number of nitrogens with zero attached hydrogens (tertiary/aromatic N) is 1. The van der Waals surface area contributed by atoms with Gasteiger partial charge in [-0.25, -0.2) is 0 Å². The molecule has 0 aromatic rings. The average Bonchev–Trinajstić information content (AvgIpc) is 2.34. The van der Waals surface area contributed by atoms with Gasteiger partial charge in [0.05, 0.1) is 0 Å². The van der Waals surface area contributed by atoms with Gasteiger partial charge in [-0.3, -0.25) is 0 Å². The third-order valence-electron chi connectivity index (χ3n) is 3.77. The molecule has 0 bridgehead atoms. The van der Waals surface area contributed by atoms with E-state index in [0.29, 0.717) is 6.04 Å². The fourth-order valence-electron chi connectivity index (χ4n) is 2.13. The monoisotopic (exact) mass is 242 g/mol. The van der Waals surface area contributed by atoms with Crippen LogP contribution in [-0.2, 0) is 4.74 Å². The van der Waals surface area contributed by atoms with E-state index in [-0.39, 0.29) is 0 Å². The maximum absolute atomic E-state index is 5.36. The van der Waals surface area contributed by atoms with Gasteiger partial charge in [0.1, 0.15) is 0 Å². The molecule has 0 unspecified atom stereocenters. The van der Waals surface area contributed by atoms with Gasteiger partial charge in [0.2, 0.25) is 0 Å². The molecular weight excluding hydrogens is 212 g/mol. The van der Waals surface area contributed by atoms with Gasteiger partial charge in [0.25, 0.3) is 0 Å². The average molecular weight is 242 g/mol. The smallest absolute Gasteiger partial charge is 0.0469 e. The molecule has 1 rings (SSSR count).